The Labute approximate surface area is 157 Å². The molecule has 1 heterocycles. The van der Waals surface area contributed by atoms with Crippen LogP contribution in [0.15, 0.2) is 77.2 Å². The van der Waals surface area contributed by atoms with Crippen LogP contribution in [-0.4, -0.2) is 13.4 Å². The maximum absolute atomic E-state index is 11.0. The van der Waals surface area contributed by atoms with Crippen molar-refractivity contribution in [2.24, 2.45) is 0 Å². The Balaban J connectivity index is 1.72. The molecule has 4 aromatic rings. The maximum atomic E-state index is 11.0. The van der Waals surface area contributed by atoms with Crippen molar-refractivity contribution in [2.45, 2.75) is 6.61 Å². The van der Waals surface area contributed by atoms with Gasteiger partial charge in [-0.15, -0.1) is 0 Å². The monoisotopic (exact) mass is 358 g/mol. The van der Waals surface area contributed by atoms with Crippen molar-refractivity contribution < 1.29 is 18.7 Å². The van der Waals surface area contributed by atoms with Gasteiger partial charge >= 0.3 is 0 Å². The summed E-state index contributed by atoms with van der Waals surface area (Å²) >= 11 is 0. The maximum Gasteiger partial charge on any atom is 0.150 e. The van der Waals surface area contributed by atoms with Gasteiger partial charge in [0.05, 0.1) is 12.7 Å². The molecule has 0 fully saturated rings. The number of methoxy groups -OCH3 is 1. The van der Waals surface area contributed by atoms with Crippen molar-refractivity contribution >= 4 is 17.3 Å². The molecule has 0 aliphatic heterocycles. The fourth-order valence-corrected chi connectivity index (χ4v) is 2.96. The minimum absolute atomic E-state index is 0.441. The highest BCUT2D eigenvalue weighted by atomic mass is 16.5. The number of hydrogen-bond donors (Lipinski definition) is 0. The molecule has 0 radical (unpaired) electrons. The van der Waals surface area contributed by atoms with Crippen LogP contribution in [0.25, 0.3) is 22.3 Å². The zero-order chi connectivity index (χ0) is 18.6. The zero-order valence-corrected chi connectivity index (χ0v) is 14.8. The van der Waals surface area contributed by atoms with Crippen LogP contribution in [0.2, 0.25) is 0 Å². The van der Waals surface area contributed by atoms with E-state index in [4.69, 9.17) is 13.9 Å². The number of hydrogen-bond acceptors (Lipinski definition) is 4. The zero-order valence-electron chi connectivity index (χ0n) is 14.8. The molecule has 4 nitrogen and oxygen atoms in total. The summed E-state index contributed by atoms with van der Waals surface area (Å²) in [6, 6.07) is 22.9. The molecule has 0 spiro atoms. The summed E-state index contributed by atoms with van der Waals surface area (Å²) in [5.41, 5.74) is 3.24. The van der Waals surface area contributed by atoms with E-state index < -0.39 is 0 Å². The number of carbonyl (C=O) groups excluding carboxylic acids is 1. The number of fused-ring (bicyclic) bond motifs is 1. The first-order valence-electron chi connectivity index (χ1n) is 8.61. The van der Waals surface area contributed by atoms with Crippen LogP contribution in [0.4, 0.5) is 0 Å². The quantitative estimate of drug-likeness (QED) is 0.427. The second kappa shape index (κ2) is 7.38. The number of ether oxygens (including phenoxy) is 2. The van der Waals surface area contributed by atoms with Crippen LogP contribution >= 0.6 is 0 Å². The molecule has 27 heavy (non-hydrogen) atoms. The first-order valence-corrected chi connectivity index (χ1v) is 8.61. The Hall–Kier alpha value is -3.53. The van der Waals surface area contributed by atoms with Gasteiger partial charge in [-0.25, -0.2) is 0 Å². The molecular weight excluding hydrogens is 340 g/mol. The highest BCUT2D eigenvalue weighted by Gasteiger charge is 2.14. The minimum atomic E-state index is 0.441. The Morgan fingerprint density at radius 1 is 0.963 bits per heavy atom. The van der Waals surface area contributed by atoms with Gasteiger partial charge < -0.3 is 13.9 Å². The molecule has 4 rings (SSSR count). The normalized spacial score (nSPS) is 10.7. The van der Waals surface area contributed by atoms with E-state index in [1.165, 1.54) is 0 Å². The average molecular weight is 358 g/mol. The van der Waals surface area contributed by atoms with E-state index in [2.05, 4.69) is 0 Å². The Kier molecular flexibility index (Phi) is 4.62. The van der Waals surface area contributed by atoms with E-state index in [-0.39, 0.29) is 0 Å². The molecule has 0 unspecified atom stereocenters. The molecule has 0 aliphatic rings. The van der Waals surface area contributed by atoms with Crippen molar-refractivity contribution in [2.75, 3.05) is 7.11 Å². The van der Waals surface area contributed by atoms with Crippen LogP contribution in [0.5, 0.6) is 11.5 Å². The van der Waals surface area contributed by atoms with Gasteiger partial charge in [-0.2, -0.15) is 0 Å². The molecule has 0 N–H and O–H groups in total. The molecule has 134 valence electrons. The number of benzene rings is 3. The Morgan fingerprint density at radius 2 is 1.81 bits per heavy atom. The molecule has 4 heteroatoms. The predicted octanol–water partition coefficient (Wildman–Crippen LogP) is 5.50. The molecule has 0 aliphatic carbocycles. The first kappa shape index (κ1) is 16.9. The van der Waals surface area contributed by atoms with Gasteiger partial charge in [-0.1, -0.05) is 30.3 Å². The Bertz CT molecular complexity index is 1080. The predicted molar refractivity (Wildman–Crippen MR) is 104 cm³/mol. The van der Waals surface area contributed by atoms with E-state index in [0.717, 1.165) is 28.4 Å². The molecule has 0 saturated heterocycles. The number of rotatable bonds is 6. The summed E-state index contributed by atoms with van der Waals surface area (Å²) in [5, 5.41) is 0.874. The van der Waals surface area contributed by atoms with Crippen LogP contribution in [0.1, 0.15) is 15.9 Å². The van der Waals surface area contributed by atoms with Crippen molar-refractivity contribution in [1.82, 2.24) is 0 Å². The van der Waals surface area contributed by atoms with Crippen molar-refractivity contribution in [1.29, 1.82) is 0 Å². The number of aldehydes is 1. The third-order valence-corrected chi connectivity index (χ3v) is 4.37. The fourth-order valence-electron chi connectivity index (χ4n) is 2.96. The second-order valence-electron chi connectivity index (χ2n) is 6.16. The molecule has 3 aromatic carbocycles. The molecule has 0 bridgehead atoms. The van der Waals surface area contributed by atoms with Gasteiger partial charge in [0.15, 0.2) is 0 Å². The summed E-state index contributed by atoms with van der Waals surface area (Å²) in [5.74, 6) is 2.06. The highest BCUT2D eigenvalue weighted by molar-refractivity contribution is 5.89. The summed E-state index contributed by atoms with van der Waals surface area (Å²) < 4.78 is 17.4. The number of furan rings is 1. The van der Waals surface area contributed by atoms with Crippen molar-refractivity contribution in [3.63, 3.8) is 0 Å². The van der Waals surface area contributed by atoms with Crippen LogP contribution in [0.3, 0.4) is 0 Å². The molecule has 1 aromatic heterocycles. The lowest BCUT2D eigenvalue weighted by molar-refractivity contribution is 0.112. The van der Waals surface area contributed by atoms with Gasteiger partial charge in [0.2, 0.25) is 0 Å². The summed E-state index contributed by atoms with van der Waals surface area (Å²) in [6.07, 6.45) is 0.827. The lowest BCUT2D eigenvalue weighted by atomic mass is 10.1. The first-order chi connectivity index (χ1) is 13.3. The third-order valence-electron chi connectivity index (χ3n) is 4.37. The van der Waals surface area contributed by atoms with E-state index in [1.807, 2.05) is 60.7 Å². The molecule has 0 saturated carbocycles. The molecular formula is C23H18O4. The van der Waals surface area contributed by atoms with Crippen LogP contribution in [-0.2, 0) is 6.61 Å². The summed E-state index contributed by atoms with van der Waals surface area (Å²) in [7, 11) is 1.62. The van der Waals surface area contributed by atoms with E-state index in [9.17, 15) is 4.79 Å². The van der Waals surface area contributed by atoms with Crippen LogP contribution < -0.4 is 9.47 Å². The number of carbonyl (C=O) groups is 1. The smallest absolute Gasteiger partial charge is 0.150 e. The molecule has 0 amide bonds. The molecule has 0 atom stereocenters. The SMILES string of the molecule is COc1ccc(-c2cc3cc(C=O)ccc3o2)c(OCc2ccccc2)c1. The van der Waals surface area contributed by atoms with E-state index in [0.29, 0.717) is 29.4 Å². The van der Waals surface area contributed by atoms with Gasteiger partial charge in [-0.3, -0.25) is 4.79 Å². The topological polar surface area (TPSA) is 48.7 Å². The summed E-state index contributed by atoms with van der Waals surface area (Å²) in [4.78, 5) is 11.0. The van der Waals surface area contributed by atoms with E-state index >= 15 is 0 Å². The standard InChI is InChI=1S/C23H18O4/c1-25-19-8-9-20(22(13-19)26-15-16-5-3-2-4-6-16)23-12-18-11-17(14-24)7-10-21(18)27-23/h2-14H,15H2,1H3. The van der Waals surface area contributed by atoms with Crippen molar-refractivity contribution in [3.8, 4) is 22.8 Å². The van der Waals surface area contributed by atoms with Gasteiger partial charge in [0, 0.05) is 17.0 Å². The van der Waals surface area contributed by atoms with Crippen LogP contribution in [0, 0.1) is 0 Å². The van der Waals surface area contributed by atoms with Gasteiger partial charge in [0.1, 0.15) is 35.7 Å². The Morgan fingerprint density at radius 3 is 2.59 bits per heavy atom. The van der Waals surface area contributed by atoms with Gasteiger partial charge in [0.25, 0.3) is 0 Å². The summed E-state index contributed by atoms with van der Waals surface area (Å²) in [6.45, 7) is 0.441. The third kappa shape index (κ3) is 3.55. The second-order valence-corrected chi connectivity index (χ2v) is 6.16. The lowest BCUT2D eigenvalue weighted by Crippen LogP contribution is -1.97. The van der Waals surface area contributed by atoms with E-state index in [1.54, 1.807) is 19.2 Å². The lowest BCUT2D eigenvalue weighted by Gasteiger charge is -2.12. The fraction of sp³-hybridized carbons (Fsp3) is 0.0870. The highest BCUT2D eigenvalue weighted by Crippen LogP contribution is 2.37. The van der Waals surface area contributed by atoms with Crippen molar-refractivity contribution in [3.05, 3.63) is 83.9 Å². The largest absolute Gasteiger partial charge is 0.497 e. The average Bonchev–Trinajstić information content (AvgIpc) is 3.15. The minimum Gasteiger partial charge on any atom is -0.497 e. The van der Waals surface area contributed by atoms with Gasteiger partial charge in [-0.05, 0) is 42.0 Å².